The van der Waals surface area contributed by atoms with Crippen LogP contribution in [0.2, 0.25) is 0 Å². The minimum absolute atomic E-state index is 0.0409. The lowest BCUT2D eigenvalue weighted by Crippen LogP contribution is -2.52. The molecular formula is C83H97N7O22S2. The van der Waals surface area contributed by atoms with Crippen molar-refractivity contribution in [1.82, 2.24) is 12.9 Å². The zero-order chi connectivity index (χ0) is 83.0. The van der Waals surface area contributed by atoms with Gasteiger partial charge in [0.2, 0.25) is 10.0 Å². The minimum Gasteiger partial charge on any atom is -0.461 e. The molecule has 0 radical (unpaired) electrons. The van der Waals surface area contributed by atoms with Gasteiger partial charge in [-0.3, -0.25) is 19.2 Å². The van der Waals surface area contributed by atoms with Crippen molar-refractivity contribution in [2.75, 3.05) is 55.9 Å². The molecule has 2 atom stereocenters. The number of Topliss-reactive ketones (excluding diaryl/α,β-unsaturated/α-hetero) is 2. The Morgan fingerprint density at radius 2 is 0.789 bits per heavy atom. The molecule has 29 nitrogen and oxygen atoms in total. The van der Waals surface area contributed by atoms with Crippen molar-refractivity contribution in [3.8, 4) is 11.5 Å². The summed E-state index contributed by atoms with van der Waals surface area (Å²) in [6, 6.07) is 47.3. The molecule has 0 bridgehead atoms. The fourth-order valence-electron chi connectivity index (χ4n) is 11.0. The van der Waals surface area contributed by atoms with Crippen molar-refractivity contribution in [2.45, 2.75) is 151 Å². The number of ether oxygens (including phenoxy) is 9. The molecule has 2 unspecified atom stereocenters. The van der Waals surface area contributed by atoms with Gasteiger partial charge < -0.3 is 53.3 Å². The van der Waals surface area contributed by atoms with Crippen LogP contribution >= 0.6 is 0 Å². The Bertz CT molecular complexity index is 4680. The van der Waals surface area contributed by atoms with Gasteiger partial charge in [0.1, 0.15) is 65.8 Å². The van der Waals surface area contributed by atoms with Crippen LogP contribution in [0.4, 0.5) is 25.8 Å². The normalized spacial score (nSPS) is 12.5. The van der Waals surface area contributed by atoms with E-state index < -0.39 is 142 Å². The van der Waals surface area contributed by atoms with Gasteiger partial charge in [-0.2, -0.15) is 31.3 Å². The zero-order valence-corrected chi connectivity index (χ0v) is 67.0. The van der Waals surface area contributed by atoms with Gasteiger partial charge in [0.15, 0.2) is 0 Å². The van der Waals surface area contributed by atoms with E-state index in [4.69, 9.17) is 42.6 Å². The summed E-state index contributed by atoms with van der Waals surface area (Å²) >= 11 is 0. The van der Waals surface area contributed by atoms with Gasteiger partial charge >= 0.3 is 52.4 Å². The highest BCUT2D eigenvalue weighted by atomic mass is 32.2. The monoisotopic (exact) mass is 1610 g/mol. The molecule has 31 heteroatoms. The molecule has 0 aromatic heterocycles. The number of amides is 3. The van der Waals surface area contributed by atoms with Crippen LogP contribution < -0.4 is 20.1 Å². The third-order valence-corrected chi connectivity index (χ3v) is 20.0. The minimum atomic E-state index is -5.18. The van der Waals surface area contributed by atoms with E-state index in [1.54, 1.807) is 183 Å². The van der Waals surface area contributed by atoms with E-state index >= 15 is 8.42 Å². The van der Waals surface area contributed by atoms with Gasteiger partial charge in [-0.05, 0) is 176 Å². The fraction of sp³-hybridized carbons (Fsp3) is 0.361. The number of aliphatic imine (C=N–C) groups is 2. The van der Waals surface area contributed by atoms with E-state index in [9.17, 15) is 51.6 Å². The smallest absolute Gasteiger partial charge is 0.435 e. The van der Waals surface area contributed by atoms with E-state index in [1.165, 1.54) is 74.5 Å². The number of amidine groups is 2. The molecule has 7 aromatic rings. The number of anilines is 2. The molecular weight excluding hydrogens is 1510 g/mol. The van der Waals surface area contributed by atoms with Gasteiger partial charge in [0, 0.05) is 49.4 Å². The van der Waals surface area contributed by atoms with Crippen LogP contribution in [-0.4, -0.2) is 164 Å². The molecule has 3 amide bonds. The Kier molecular flexibility index (Phi) is 34.4. The Morgan fingerprint density at radius 3 is 1.18 bits per heavy atom. The molecule has 0 aliphatic rings. The third-order valence-electron chi connectivity index (χ3n) is 16.2. The number of nitrogens with zero attached hydrogens (tertiary/aromatic N) is 5. The van der Waals surface area contributed by atoms with Crippen LogP contribution in [0.5, 0.6) is 11.5 Å². The highest BCUT2D eigenvalue weighted by molar-refractivity contribution is 7.89. The summed E-state index contributed by atoms with van der Waals surface area (Å²) < 4.78 is 113. The lowest BCUT2D eigenvalue weighted by atomic mass is 10.1. The second-order valence-corrected chi connectivity index (χ2v) is 32.1. The van der Waals surface area contributed by atoms with Gasteiger partial charge in [-0.1, -0.05) is 115 Å². The van der Waals surface area contributed by atoms with Crippen LogP contribution in [0.15, 0.2) is 198 Å². The van der Waals surface area contributed by atoms with Crippen LogP contribution in [0.1, 0.15) is 143 Å². The largest absolute Gasteiger partial charge is 0.461 e. The number of sulfonamides is 1. The predicted molar refractivity (Wildman–Crippen MR) is 425 cm³/mol. The SMILES string of the molecule is CC(=O)CC(CC(=O)OCc1ccccc1)N(CCOCCOCCN(C(CC(C)=O)CC(=O)OCc1ccccc1)S(=O)(=O)N(Cc1ccc(OC(=O)c2ccc(NC(C)=NC(=O)OC(C)(C)C)cc2)cc1)C(=O)OCc1ccccc1)S(=O)(=O)CCc1ccc(OC(=O)c2ccc(NC(C)=NC(=O)OC(C)(C)C)cc2)cc1. The number of ketones is 2. The van der Waals surface area contributed by atoms with Crippen molar-refractivity contribution in [1.29, 1.82) is 0 Å². The zero-order valence-electron chi connectivity index (χ0n) is 65.4. The van der Waals surface area contributed by atoms with Crippen LogP contribution in [-0.2, 0) is 105 Å². The van der Waals surface area contributed by atoms with E-state index in [1.807, 2.05) is 0 Å². The number of carbonyl (C=O) groups excluding carboxylic acids is 9. The van der Waals surface area contributed by atoms with Crippen molar-refractivity contribution < 1.29 is 103 Å². The van der Waals surface area contributed by atoms with Gasteiger partial charge in [-0.25, -0.2) is 32.4 Å². The van der Waals surface area contributed by atoms with Crippen molar-refractivity contribution in [3.05, 3.63) is 227 Å². The topological polar surface area (TPSA) is 363 Å². The van der Waals surface area contributed by atoms with Gasteiger partial charge in [-0.15, -0.1) is 0 Å². The first-order valence-corrected chi connectivity index (χ1v) is 39.5. The third kappa shape index (κ3) is 32.0. The highest BCUT2D eigenvalue weighted by Crippen LogP contribution is 2.27. The number of benzene rings is 7. The fourth-order valence-corrected chi connectivity index (χ4v) is 14.3. The number of rotatable bonds is 39. The predicted octanol–water partition coefficient (Wildman–Crippen LogP) is 13.2. The average molecular weight is 1610 g/mol. The molecule has 0 saturated carbocycles. The highest BCUT2D eigenvalue weighted by Gasteiger charge is 2.41. The van der Waals surface area contributed by atoms with E-state index in [2.05, 4.69) is 20.6 Å². The van der Waals surface area contributed by atoms with Crippen LogP contribution in [0, 0.1) is 0 Å². The van der Waals surface area contributed by atoms with Crippen LogP contribution in [0.25, 0.3) is 0 Å². The molecule has 0 heterocycles. The number of hydrogen-bond acceptors (Lipinski definition) is 22. The van der Waals surface area contributed by atoms with E-state index in [-0.39, 0.29) is 98.9 Å². The van der Waals surface area contributed by atoms with Gasteiger partial charge in [0.25, 0.3) is 0 Å². The second kappa shape index (κ2) is 43.6. The molecule has 7 aromatic carbocycles. The number of hydrogen-bond donors (Lipinski definition) is 2. The maximum atomic E-state index is 15.5. The number of aryl methyl sites for hydroxylation is 1. The van der Waals surface area contributed by atoms with Crippen molar-refractivity contribution in [3.63, 3.8) is 0 Å². The van der Waals surface area contributed by atoms with Crippen molar-refractivity contribution >= 4 is 97.0 Å². The maximum absolute atomic E-state index is 15.5. The average Bonchev–Trinajstić information content (AvgIpc) is 0.786. The molecule has 0 fully saturated rings. The summed E-state index contributed by atoms with van der Waals surface area (Å²) in [5.74, 6) is -3.88. The number of nitrogens with one attached hydrogen (secondary N) is 2. The summed E-state index contributed by atoms with van der Waals surface area (Å²) in [5, 5.41) is 5.91. The summed E-state index contributed by atoms with van der Waals surface area (Å²) in [6.45, 7) is 12.3. The van der Waals surface area contributed by atoms with E-state index in [0.717, 1.165) is 8.61 Å². The van der Waals surface area contributed by atoms with Crippen LogP contribution in [0.3, 0.4) is 0 Å². The molecule has 114 heavy (non-hydrogen) atoms. The quantitative estimate of drug-likeness (QED) is 0.00902. The Labute approximate surface area is 664 Å². The van der Waals surface area contributed by atoms with E-state index in [0.29, 0.717) is 37.9 Å². The molecule has 0 spiro atoms. The number of carbonyl (C=O) groups is 9. The summed E-state index contributed by atoms with van der Waals surface area (Å²) in [7, 11) is -9.54. The van der Waals surface area contributed by atoms with Gasteiger partial charge in [0.05, 0.1) is 62.7 Å². The first-order chi connectivity index (χ1) is 54.1. The maximum Gasteiger partial charge on any atom is 0.435 e. The first kappa shape index (κ1) is 89.8. The Balaban J connectivity index is 1.05. The second-order valence-electron chi connectivity index (χ2n) is 28.2. The summed E-state index contributed by atoms with van der Waals surface area (Å²) in [5.41, 5.74) is 2.41. The standard InChI is InChI=1S/C83H97N7O22S2/c1-58(91)50-71(52-75(93)106-55-64-20-14-11-15-21-64)88(113(100,101)49-42-62-26-38-73(39-27-62)109-77(95)67-30-34-69(35-31-67)84-60(3)86-79(97)111-82(5,6)7)43-45-104-47-48-105-46-44-89(72(51-59(2)92)53-76(94)107-56-65-22-16-12-17-23-65)114(102,103)90(81(99)108-57-66-24-18-13-19-25-66)54-63-28-40-74(41-29-63)110-78(96)68-32-36-70(37-33-68)85-61(4)87-80(98)112-83(8,9)10/h11-41,71-72H,42-57H2,1-10H3,(H,84,86,97)(H,85,87,98). The number of esters is 4. The summed E-state index contributed by atoms with van der Waals surface area (Å²) in [6.07, 6.45) is -5.06. The molecule has 2 N–H and O–H groups in total. The molecule has 7 rings (SSSR count). The Hall–Kier alpha value is -11.4. The first-order valence-electron chi connectivity index (χ1n) is 36.5. The Morgan fingerprint density at radius 1 is 0.421 bits per heavy atom. The van der Waals surface area contributed by atoms with Crippen molar-refractivity contribution in [2.24, 2.45) is 9.98 Å². The molecule has 0 aliphatic heterocycles. The summed E-state index contributed by atoms with van der Waals surface area (Å²) in [4.78, 5) is 127. The molecule has 0 aliphatic carbocycles. The molecule has 0 saturated heterocycles. The lowest BCUT2D eigenvalue weighted by molar-refractivity contribution is -0.147. The lowest BCUT2D eigenvalue weighted by Gasteiger charge is -2.34. The molecule has 608 valence electrons.